The molecule has 0 saturated carbocycles. The Morgan fingerprint density at radius 1 is 1.29 bits per heavy atom. The number of hydrogen-bond acceptors (Lipinski definition) is 4. The summed E-state index contributed by atoms with van der Waals surface area (Å²) in [6.07, 6.45) is -0.0928. The zero-order chi connectivity index (χ0) is 19.8. The van der Waals surface area contributed by atoms with Gasteiger partial charge in [-0.15, -0.1) is 5.10 Å². The third kappa shape index (κ3) is 3.46. The minimum atomic E-state index is -0.890. The lowest BCUT2D eigenvalue weighted by atomic mass is 10.1. The summed E-state index contributed by atoms with van der Waals surface area (Å²) < 4.78 is 14.7. The van der Waals surface area contributed by atoms with Crippen molar-refractivity contribution < 1.29 is 14.0 Å². The van der Waals surface area contributed by atoms with Crippen LogP contribution in [0, 0.1) is 12.7 Å². The molecule has 28 heavy (non-hydrogen) atoms. The summed E-state index contributed by atoms with van der Waals surface area (Å²) in [5.74, 6) is -0.797. The number of fused-ring (bicyclic) bond motifs is 1. The van der Waals surface area contributed by atoms with Crippen LogP contribution < -0.4 is 10.6 Å². The normalized spacial score (nSPS) is 15.7. The fraction of sp³-hybridized carbons (Fsp3) is 0.158. The van der Waals surface area contributed by atoms with Gasteiger partial charge in [-0.1, -0.05) is 41.4 Å². The van der Waals surface area contributed by atoms with Crippen molar-refractivity contribution in [3.8, 4) is 11.4 Å². The van der Waals surface area contributed by atoms with E-state index in [2.05, 4.69) is 20.7 Å². The Kier molecular flexibility index (Phi) is 4.56. The molecule has 4 rings (SSSR count). The van der Waals surface area contributed by atoms with E-state index in [-0.39, 0.29) is 23.3 Å². The van der Waals surface area contributed by atoms with E-state index in [0.717, 1.165) is 17.2 Å². The van der Waals surface area contributed by atoms with Gasteiger partial charge in [0.05, 0.1) is 11.4 Å². The number of carbonyl (C=O) groups excluding carboxylic acids is 2. The number of anilines is 2. The van der Waals surface area contributed by atoms with E-state index >= 15 is 0 Å². The molecule has 0 aliphatic carbocycles. The predicted molar refractivity (Wildman–Crippen MR) is 103 cm³/mol. The number of carbonyl (C=O) groups is 2. The molecule has 2 N–H and O–H groups in total. The molecule has 9 heteroatoms. The lowest BCUT2D eigenvalue weighted by Crippen LogP contribution is -2.36. The molecule has 2 aromatic carbocycles. The highest BCUT2D eigenvalue weighted by Gasteiger charge is 2.33. The van der Waals surface area contributed by atoms with E-state index in [9.17, 15) is 14.0 Å². The van der Waals surface area contributed by atoms with Gasteiger partial charge < -0.3 is 5.32 Å². The van der Waals surface area contributed by atoms with E-state index < -0.39 is 17.8 Å². The van der Waals surface area contributed by atoms with Gasteiger partial charge in [0.2, 0.25) is 17.8 Å². The molecule has 0 radical (unpaired) electrons. The molecule has 0 unspecified atom stereocenters. The van der Waals surface area contributed by atoms with Crippen molar-refractivity contribution >= 4 is 35.1 Å². The van der Waals surface area contributed by atoms with Gasteiger partial charge in [-0.05, 0) is 25.1 Å². The number of benzene rings is 2. The molecule has 3 aromatic rings. The first kappa shape index (κ1) is 18.1. The van der Waals surface area contributed by atoms with E-state index in [4.69, 9.17) is 11.6 Å². The maximum Gasteiger partial charge on any atom is 0.249 e. The number of nitrogens with zero attached hydrogens (tertiary/aromatic N) is 3. The van der Waals surface area contributed by atoms with Gasteiger partial charge in [0.1, 0.15) is 11.9 Å². The third-order valence-corrected chi connectivity index (χ3v) is 4.65. The van der Waals surface area contributed by atoms with Crippen molar-refractivity contribution in [3.05, 3.63) is 58.9 Å². The molecule has 7 nitrogen and oxygen atoms in total. The molecule has 2 heterocycles. The highest BCUT2D eigenvalue weighted by atomic mass is 35.5. The average Bonchev–Trinajstić information content (AvgIpc) is 3.08. The lowest BCUT2D eigenvalue weighted by Gasteiger charge is -2.22. The zero-order valence-electron chi connectivity index (χ0n) is 14.7. The summed E-state index contributed by atoms with van der Waals surface area (Å²) in [4.78, 5) is 29.1. The Hall–Kier alpha value is -3.26. The van der Waals surface area contributed by atoms with Crippen LogP contribution in [0.2, 0.25) is 5.02 Å². The van der Waals surface area contributed by atoms with Crippen LogP contribution in [0.25, 0.3) is 11.4 Å². The molecule has 2 amide bonds. The van der Waals surface area contributed by atoms with Gasteiger partial charge in [-0.25, -0.2) is 9.07 Å². The topological polar surface area (TPSA) is 88.9 Å². The quantitative estimate of drug-likeness (QED) is 0.704. The van der Waals surface area contributed by atoms with Crippen molar-refractivity contribution in [2.75, 3.05) is 10.6 Å². The lowest BCUT2D eigenvalue weighted by molar-refractivity contribution is -0.125. The molecule has 0 spiro atoms. The Balaban J connectivity index is 1.63. The van der Waals surface area contributed by atoms with Crippen LogP contribution in [0.1, 0.15) is 18.0 Å². The second kappa shape index (κ2) is 7.05. The molecule has 1 aliphatic rings. The second-order valence-electron chi connectivity index (χ2n) is 6.46. The molecule has 1 aromatic heterocycles. The molecule has 0 fully saturated rings. The first-order valence-electron chi connectivity index (χ1n) is 8.50. The fourth-order valence-corrected chi connectivity index (χ4v) is 3.07. The maximum absolute atomic E-state index is 13.3. The van der Waals surface area contributed by atoms with Crippen LogP contribution in [0.15, 0.2) is 42.5 Å². The minimum absolute atomic E-state index is 0.0928. The summed E-state index contributed by atoms with van der Waals surface area (Å²) >= 11 is 5.75. The summed E-state index contributed by atoms with van der Waals surface area (Å²) in [5.41, 5.74) is 2.19. The predicted octanol–water partition coefficient (Wildman–Crippen LogP) is 3.57. The van der Waals surface area contributed by atoms with Gasteiger partial charge in [-0.2, -0.15) is 4.98 Å². The molecule has 0 saturated heterocycles. The number of aryl methyl sites for hydroxylation is 1. The van der Waals surface area contributed by atoms with Crippen molar-refractivity contribution in [2.45, 2.75) is 19.4 Å². The standard InChI is InChI=1S/C19H15ClFN5O2/c1-10-2-4-11(5-3-10)17-24-19-23-16(27)9-15(26(19)25-17)18(28)22-12-6-7-14(21)13(20)8-12/h2-8,15H,9H2,1H3,(H,22,28)(H,23,24,25,27)/t15-/m1/s1. The molecular formula is C19H15ClFN5O2. The maximum atomic E-state index is 13.3. The smallest absolute Gasteiger partial charge is 0.249 e. The van der Waals surface area contributed by atoms with Gasteiger partial charge in [-0.3, -0.25) is 14.9 Å². The number of rotatable bonds is 3. The monoisotopic (exact) mass is 399 g/mol. The van der Waals surface area contributed by atoms with Crippen LogP contribution in [-0.2, 0) is 9.59 Å². The summed E-state index contributed by atoms with van der Waals surface area (Å²) in [5, 5.41) is 9.56. The van der Waals surface area contributed by atoms with Crippen molar-refractivity contribution in [1.82, 2.24) is 14.8 Å². The van der Waals surface area contributed by atoms with Crippen molar-refractivity contribution in [3.63, 3.8) is 0 Å². The van der Waals surface area contributed by atoms with Crippen molar-refractivity contribution in [2.24, 2.45) is 0 Å². The Labute approximate surface area is 164 Å². The third-order valence-electron chi connectivity index (χ3n) is 4.36. The molecule has 1 atom stereocenters. The Morgan fingerprint density at radius 3 is 2.75 bits per heavy atom. The SMILES string of the molecule is Cc1ccc(-c2nc3n(n2)[C@@H](C(=O)Nc2ccc(F)c(Cl)c2)CC(=O)N3)cc1. The van der Waals surface area contributed by atoms with E-state index in [1.807, 2.05) is 31.2 Å². The number of amides is 2. The van der Waals surface area contributed by atoms with Crippen LogP contribution >= 0.6 is 11.6 Å². The van der Waals surface area contributed by atoms with E-state index in [1.54, 1.807) is 0 Å². The highest BCUT2D eigenvalue weighted by Crippen LogP contribution is 2.28. The van der Waals surface area contributed by atoms with Crippen LogP contribution in [0.3, 0.4) is 0 Å². The van der Waals surface area contributed by atoms with Gasteiger partial charge >= 0.3 is 0 Å². The minimum Gasteiger partial charge on any atom is -0.324 e. The van der Waals surface area contributed by atoms with Crippen LogP contribution in [0.5, 0.6) is 0 Å². The van der Waals surface area contributed by atoms with Crippen molar-refractivity contribution in [1.29, 1.82) is 0 Å². The van der Waals surface area contributed by atoms with Gasteiger partial charge in [0, 0.05) is 11.3 Å². The first-order chi connectivity index (χ1) is 13.4. The van der Waals surface area contributed by atoms with E-state index in [1.165, 1.54) is 16.8 Å². The van der Waals surface area contributed by atoms with Crippen LogP contribution in [0.4, 0.5) is 16.0 Å². The number of halogens is 2. The highest BCUT2D eigenvalue weighted by molar-refractivity contribution is 6.31. The Morgan fingerprint density at radius 2 is 2.04 bits per heavy atom. The molecule has 1 aliphatic heterocycles. The summed E-state index contributed by atoms with van der Waals surface area (Å²) in [7, 11) is 0. The molecule has 0 bridgehead atoms. The molecular weight excluding hydrogens is 385 g/mol. The summed E-state index contributed by atoms with van der Waals surface area (Å²) in [6, 6.07) is 10.6. The fourth-order valence-electron chi connectivity index (χ4n) is 2.89. The number of nitrogens with one attached hydrogen (secondary N) is 2. The first-order valence-corrected chi connectivity index (χ1v) is 8.88. The average molecular weight is 400 g/mol. The zero-order valence-corrected chi connectivity index (χ0v) is 15.5. The summed E-state index contributed by atoms with van der Waals surface area (Å²) in [6.45, 7) is 1.97. The van der Waals surface area contributed by atoms with E-state index in [0.29, 0.717) is 11.5 Å². The number of aromatic nitrogens is 3. The second-order valence-corrected chi connectivity index (χ2v) is 6.86. The largest absolute Gasteiger partial charge is 0.324 e. The van der Waals surface area contributed by atoms with Gasteiger partial charge in [0.15, 0.2) is 5.82 Å². The van der Waals surface area contributed by atoms with Crippen LogP contribution in [-0.4, -0.2) is 26.6 Å². The molecule has 142 valence electrons. The Bertz CT molecular complexity index is 1080. The number of hydrogen-bond donors (Lipinski definition) is 2. The van der Waals surface area contributed by atoms with Gasteiger partial charge in [0.25, 0.3) is 0 Å².